The van der Waals surface area contributed by atoms with Crippen LogP contribution in [0.15, 0.2) is 78.9 Å². The Kier molecular flexibility index (Phi) is 8.13. The van der Waals surface area contributed by atoms with E-state index in [0.29, 0.717) is 41.8 Å². The zero-order chi connectivity index (χ0) is 26.4. The van der Waals surface area contributed by atoms with Gasteiger partial charge in [-0.1, -0.05) is 50.2 Å². The van der Waals surface area contributed by atoms with Gasteiger partial charge < -0.3 is 19.1 Å². The van der Waals surface area contributed by atoms with Crippen molar-refractivity contribution in [3.8, 4) is 28.8 Å². The van der Waals surface area contributed by atoms with Crippen LogP contribution in [0.4, 0.5) is 0 Å². The van der Waals surface area contributed by atoms with Crippen molar-refractivity contribution in [2.45, 2.75) is 27.3 Å². The number of carbonyl (C=O) groups excluding carboxylic acids is 1. The number of amides is 1. The Labute approximate surface area is 218 Å². The largest absolute Gasteiger partial charge is 0.497 e. The van der Waals surface area contributed by atoms with Gasteiger partial charge in [0.1, 0.15) is 5.75 Å². The van der Waals surface area contributed by atoms with E-state index in [2.05, 4.69) is 13.8 Å². The normalized spacial score (nSPS) is 10.9. The molecule has 1 amide bonds. The van der Waals surface area contributed by atoms with Crippen LogP contribution in [0.3, 0.4) is 0 Å². The quantitative estimate of drug-likeness (QED) is 0.257. The van der Waals surface area contributed by atoms with Gasteiger partial charge >= 0.3 is 0 Å². The molecule has 0 radical (unpaired) electrons. The lowest BCUT2D eigenvalue weighted by Gasteiger charge is -2.25. The van der Waals surface area contributed by atoms with E-state index in [1.54, 1.807) is 25.0 Å². The highest BCUT2D eigenvalue weighted by molar-refractivity contribution is 5.94. The van der Waals surface area contributed by atoms with E-state index in [0.717, 1.165) is 16.9 Å². The van der Waals surface area contributed by atoms with Gasteiger partial charge in [0.05, 0.1) is 37.7 Å². The van der Waals surface area contributed by atoms with Crippen LogP contribution in [0.5, 0.6) is 23.1 Å². The van der Waals surface area contributed by atoms with Gasteiger partial charge in [0.2, 0.25) is 5.88 Å². The van der Waals surface area contributed by atoms with Crippen LogP contribution in [-0.2, 0) is 6.54 Å². The minimum atomic E-state index is -0.0808. The highest BCUT2D eigenvalue weighted by Crippen LogP contribution is 2.36. The van der Waals surface area contributed by atoms with Gasteiger partial charge in [0.25, 0.3) is 5.91 Å². The van der Waals surface area contributed by atoms with Gasteiger partial charge in [-0.05, 0) is 55.3 Å². The second kappa shape index (κ2) is 11.6. The minimum Gasteiger partial charge on any atom is -0.497 e. The smallest absolute Gasteiger partial charge is 0.254 e. The number of benzene rings is 3. The standard InChI is InChI=1S/C30H33N3O4/c1-21(2)19-32(29(34)23-12-11-15-25(18-23)35-4)20-26-22(3)31-33(24-13-7-6-8-14-24)30(26)37-28-17-10-9-16-27(28)36-5/h6-18,21H,19-20H2,1-5H3. The molecule has 7 heteroatoms. The van der Waals surface area contributed by atoms with E-state index >= 15 is 0 Å². The molecule has 0 unspecified atom stereocenters. The molecule has 0 atom stereocenters. The average Bonchev–Trinajstić information content (AvgIpc) is 3.22. The summed E-state index contributed by atoms with van der Waals surface area (Å²) in [4.78, 5) is 15.5. The first kappa shape index (κ1) is 25.8. The van der Waals surface area contributed by atoms with Crippen molar-refractivity contribution in [2.75, 3.05) is 20.8 Å². The SMILES string of the molecule is COc1cccc(C(=O)N(Cc2c(C)nn(-c3ccccc3)c2Oc2ccccc2OC)CC(C)C)c1. The Morgan fingerprint density at radius 2 is 1.62 bits per heavy atom. The maximum atomic E-state index is 13.7. The Bertz CT molecular complexity index is 1350. The fourth-order valence-electron chi connectivity index (χ4n) is 4.17. The summed E-state index contributed by atoms with van der Waals surface area (Å²) < 4.78 is 19.1. The molecule has 7 nitrogen and oxygen atoms in total. The van der Waals surface area contributed by atoms with Crippen molar-refractivity contribution in [1.29, 1.82) is 0 Å². The van der Waals surface area contributed by atoms with E-state index in [9.17, 15) is 4.79 Å². The van der Waals surface area contributed by atoms with Gasteiger partial charge in [-0.15, -0.1) is 0 Å². The van der Waals surface area contributed by atoms with Gasteiger partial charge in [-0.25, -0.2) is 4.68 Å². The molecule has 0 spiro atoms. The lowest BCUT2D eigenvalue weighted by atomic mass is 10.1. The Morgan fingerprint density at radius 1 is 0.919 bits per heavy atom. The van der Waals surface area contributed by atoms with Crippen molar-refractivity contribution in [2.24, 2.45) is 5.92 Å². The highest BCUT2D eigenvalue weighted by atomic mass is 16.5. The molecule has 1 aromatic heterocycles. The molecule has 0 bridgehead atoms. The molecule has 0 aliphatic heterocycles. The monoisotopic (exact) mass is 499 g/mol. The molecule has 0 aliphatic carbocycles. The lowest BCUT2D eigenvalue weighted by Crippen LogP contribution is -2.34. The second-order valence-corrected chi connectivity index (χ2v) is 9.18. The van der Waals surface area contributed by atoms with Crippen LogP contribution in [0, 0.1) is 12.8 Å². The fourth-order valence-corrected chi connectivity index (χ4v) is 4.17. The van der Waals surface area contributed by atoms with Crippen molar-refractivity contribution in [3.63, 3.8) is 0 Å². The van der Waals surface area contributed by atoms with Gasteiger partial charge in [0.15, 0.2) is 11.5 Å². The summed E-state index contributed by atoms with van der Waals surface area (Å²) >= 11 is 0. The van der Waals surface area contributed by atoms with E-state index in [1.807, 2.05) is 84.6 Å². The van der Waals surface area contributed by atoms with Crippen LogP contribution in [-0.4, -0.2) is 41.4 Å². The molecule has 0 saturated carbocycles. The average molecular weight is 500 g/mol. The third-order valence-corrected chi connectivity index (χ3v) is 5.95. The third-order valence-electron chi connectivity index (χ3n) is 5.95. The maximum absolute atomic E-state index is 13.7. The molecule has 1 heterocycles. The van der Waals surface area contributed by atoms with Gasteiger partial charge in [0, 0.05) is 12.1 Å². The first-order chi connectivity index (χ1) is 17.9. The number of nitrogens with zero attached hydrogens (tertiary/aromatic N) is 3. The fraction of sp³-hybridized carbons (Fsp3) is 0.267. The summed E-state index contributed by atoms with van der Waals surface area (Å²) in [5, 5.41) is 4.82. The zero-order valence-electron chi connectivity index (χ0n) is 22.0. The number of para-hydroxylation sites is 3. The summed E-state index contributed by atoms with van der Waals surface area (Å²) in [7, 11) is 3.21. The number of methoxy groups -OCH3 is 2. The van der Waals surface area contributed by atoms with Crippen molar-refractivity contribution in [1.82, 2.24) is 14.7 Å². The van der Waals surface area contributed by atoms with Crippen LogP contribution >= 0.6 is 0 Å². The molecular formula is C30H33N3O4. The molecule has 4 rings (SSSR count). The van der Waals surface area contributed by atoms with Gasteiger partial charge in [-0.3, -0.25) is 4.79 Å². The summed E-state index contributed by atoms with van der Waals surface area (Å²) in [5.74, 6) is 2.54. The number of rotatable bonds is 10. The summed E-state index contributed by atoms with van der Waals surface area (Å²) in [6, 6.07) is 24.5. The number of carbonyl (C=O) groups is 1. The molecular weight excluding hydrogens is 466 g/mol. The number of ether oxygens (including phenoxy) is 3. The lowest BCUT2D eigenvalue weighted by molar-refractivity contribution is 0.0721. The molecule has 192 valence electrons. The van der Waals surface area contributed by atoms with Crippen LogP contribution in [0.25, 0.3) is 5.69 Å². The molecule has 0 fully saturated rings. The molecule has 37 heavy (non-hydrogen) atoms. The van der Waals surface area contributed by atoms with Crippen LogP contribution < -0.4 is 14.2 Å². The van der Waals surface area contributed by atoms with Crippen molar-refractivity contribution >= 4 is 5.91 Å². The minimum absolute atomic E-state index is 0.0808. The molecule has 0 saturated heterocycles. The van der Waals surface area contributed by atoms with Crippen LogP contribution in [0.2, 0.25) is 0 Å². The first-order valence-corrected chi connectivity index (χ1v) is 12.3. The Balaban J connectivity index is 1.79. The zero-order valence-corrected chi connectivity index (χ0v) is 22.0. The molecule has 0 N–H and O–H groups in total. The number of aryl methyl sites for hydroxylation is 1. The summed E-state index contributed by atoms with van der Waals surface area (Å²) in [5.41, 5.74) is 3.03. The molecule has 3 aromatic carbocycles. The third kappa shape index (κ3) is 5.94. The molecule has 0 aliphatic rings. The predicted molar refractivity (Wildman–Crippen MR) is 144 cm³/mol. The Hall–Kier alpha value is -4.26. The predicted octanol–water partition coefficient (Wildman–Crippen LogP) is 6.29. The van der Waals surface area contributed by atoms with Gasteiger partial charge in [-0.2, -0.15) is 5.10 Å². The highest BCUT2D eigenvalue weighted by Gasteiger charge is 2.25. The number of hydrogen-bond acceptors (Lipinski definition) is 5. The first-order valence-electron chi connectivity index (χ1n) is 12.3. The summed E-state index contributed by atoms with van der Waals surface area (Å²) in [6.45, 7) is 7.03. The number of hydrogen-bond donors (Lipinski definition) is 0. The van der Waals surface area contributed by atoms with E-state index in [1.165, 1.54) is 0 Å². The van der Waals surface area contributed by atoms with E-state index in [4.69, 9.17) is 19.3 Å². The number of aromatic nitrogens is 2. The van der Waals surface area contributed by atoms with Crippen LogP contribution in [0.1, 0.15) is 35.5 Å². The summed E-state index contributed by atoms with van der Waals surface area (Å²) in [6.07, 6.45) is 0. The second-order valence-electron chi connectivity index (χ2n) is 9.18. The van der Waals surface area contributed by atoms with E-state index < -0.39 is 0 Å². The topological polar surface area (TPSA) is 65.8 Å². The van der Waals surface area contributed by atoms with Crippen molar-refractivity contribution < 1.29 is 19.0 Å². The maximum Gasteiger partial charge on any atom is 0.254 e. The Morgan fingerprint density at radius 3 is 2.30 bits per heavy atom. The molecule has 4 aromatic rings. The van der Waals surface area contributed by atoms with Crippen molar-refractivity contribution in [3.05, 3.63) is 95.7 Å². The van der Waals surface area contributed by atoms with E-state index in [-0.39, 0.29) is 11.8 Å².